The van der Waals surface area contributed by atoms with E-state index in [1.54, 1.807) is 19.1 Å². The number of aromatic nitrogens is 1. The summed E-state index contributed by atoms with van der Waals surface area (Å²) in [6.45, 7) is 6.96. The van der Waals surface area contributed by atoms with Crippen molar-refractivity contribution in [3.05, 3.63) is 52.7 Å². The quantitative estimate of drug-likeness (QED) is 0.854. The number of halogens is 1. The number of hydrogen-bond donors (Lipinski definition) is 1. The predicted molar refractivity (Wildman–Crippen MR) is 94.2 cm³/mol. The molecule has 1 aliphatic rings. The van der Waals surface area contributed by atoms with Gasteiger partial charge in [-0.1, -0.05) is 17.3 Å². The maximum Gasteiger partial charge on any atom is 0.224 e. The monoisotopic (exact) mass is 361 g/mol. The van der Waals surface area contributed by atoms with Gasteiger partial charge in [-0.15, -0.1) is 0 Å². The number of ether oxygens (including phenoxy) is 1. The molecule has 0 saturated carbocycles. The number of benzene rings is 1. The molecule has 2 aromatic rings. The molecule has 0 spiro atoms. The Hall–Kier alpha value is -2.25. The van der Waals surface area contributed by atoms with E-state index in [9.17, 15) is 9.18 Å². The van der Waals surface area contributed by atoms with Crippen LogP contribution in [0.5, 0.6) is 0 Å². The van der Waals surface area contributed by atoms with Gasteiger partial charge in [0.25, 0.3) is 0 Å². The van der Waals surface area contributed by atoms with E-state index in [1.807, 2.05) is 6.92 Å². The Balaban J connectivity index is 1.67. The van der Waals surface area contributed by atoms with Gasteiger partial charge < -0.3 is 14.6 Å². The van der Waals surface area contributed by atoms with Gasteiger partial charge in [-0.3, -0.25) is 9.69 Å². The third kappa shape index (κ3) is 4.47. The Labute approximate surface area is 152 Å². The minimum Gasteiger partial charge on any atom is -0.379 e. The Morgan fingerprint density at radius 1 is 1.27 bits per heavy atom. The molecule has 1 atom stereocenters. The molecular formula is C19H24FN3O3. The molecule has 0 bridgehead atoms. The minimum atomic E-state index is -0.267. The Bertz CT molecular complexity index is 719. The van der Waals surface area contributed by atoms with Crippen LogP contribution >= 0.6 is 0 Å². The molecule has 7 heteroatoms. The van der Waals surface area contributed by atoms with Crippen LogP contribution in [0, 0.1) is 19.7 Å². The van der Waals surface area contributed by atoms with Crippen molar-refractivity contribution in [2.24, 2.45) is 0 Å². The van der Waals surface area contributed by atoms with Crippen LogP contribution in [-0.2, 0) is 16.0 Å². The number of carbonyl (C=O) groups is 1. The molecule has 1 amide bonds. The zero-order valence-corrected chi connectivity index (χ0v) is 15.1. The van der Waals surface area contributed by atoms with Crippen LogP contribution in [0.1, 0.15) is 28.6 Å². The van der Waals surface area contributed by atoms with Crippen molar-refractivity contribution in [3.63, 3.8) is 0 Å². The lowest BCUT2D eigenvalue weighted by molar-refractivity contribution is -0.120. The molecule has 3 rings (SSSR count). The van der Waals surface area contributed by atoms with E-state index in [-0.39, 0.29) is 24.2 Å². The summed E-state index contributed by atoms with van der Waals surface area (Å²) in [4.78, 5) is 14.7. The van der Waals surface area contributed by atoms with Crippen LogP contribution in [0.15, 0.2) is 28.8 Å². The largest absolute Gasteiger partial charge is 0.379 e. The van der Waals surface area contributed by atoms with E-state index in [1.165, 1.54) is 12.1 Å². The second-order valence-electron chi connectivity index (χ2n) is 6.50. The highest BCUT2D eigenvalue weighted by Crippen LogP contribution is 2.22. The molecule has 1 saturated heterocycles. The molecule has 1 aromatic heterocycles. The summed E-state index contributed by atoms with van der Waals surface area (Å²) in [5, 5.41) is 6.88. The second-order valence-corrected chi connectivity index (χ2v) is 6.50. The van der Waals surface area contributed by atoms with Gasteiger partial charge in [0.1, 0.15) is 11.6 Å². The van der Waals surface area contributed by atoms with Gasteiger partial charge in [-0.05, 0) is 31.5 Å². The minimum absolute atomic E-state index is 0.0203. The van der Waals surface area contributed by atoms with Crippen LogP contribution in [-0.4, -0.2) is 48.8 Å². The number of rotatable bonds is 6. The Kier molecular flexibility index (Phi) is 6.00. The number of aryl methyl sites for hydroxylation is 2. The van der Waals surface area contributed by atoms with Crippen molar-refractivity contribution in [3.8, 4) is 0 Å². The maximum absolute atomic E-state index is 13.3. The van der Waals surface area contributed by atoms with Gasteiger partial charge in [0.05, 0.1) is 31.4 Å². The Morgan fingerprint density at radius 3 is 2.58 bits per heavy atom. The number of nitrogens with zero attached hydrogens (tertiary/aromatic N) is 2. The van der Waals surface area contributed by atoms with Crippen molar-refractivity contribution in [1.82, 2.24) is 15.4 Å². The number of carbonyl (C=O) groups excluding carboxylic acids is 1. The molecular weight excluding hydrogens is 337 g/mol. The van der Waals surface area contributed by atoms with Crippen LogP contribution in [0.25, 0.3) is 0 Å². The molecule has 1 aliphatic heterocycles. The first-order chi connectivity index (χ1) is 12.5. The second kappa shape index (κ2) is 8.42. The van der Waals surface area contributed by atoms with Crippen molar-refractivity contribution in [2.75, 3.05) is 32.8 Å². The van der Waals surface area contributed by atoms with Gasteiger partial charge in [0, 0.05) is 25.2 Å². The highest BCUT2D eigenvalue weighted by atomic mass is 19.1. The molecule has 1 N–H and O–H groups in total. The van der Waals surface area contributed by atoms with Crippen LogP contribution in [0.4, 0.5) is 4.39 Å². The van der Waals surface area contributed by atoms with Crippen molar-refractivity contribution in [2.45, 2.75) is 26.3 Å². The topological polar surface area (TPSA) is 67.6 Å². The first-order valence-corrected chi connectivity index (χ1v) is 8.80. The van der Waals surface area contributed by atoms with E-state index in [0.717, 1.165) is 29.9 Å². The fraction of sp³-hybridized carbons (Fsp3) is 0.474. The maximum atomic E-state index is 13.3. The van der Waals surface area contributed by atoms with E-state index >= 15 is 0 Å². The van der Waals surface area contributed by atoms with Crippen LogP contribution in [0.2, 0.25) is 0 Å². The van der Waals surface area contributed by atoms with E-state index in [2.05, 4.69) is 15.4 Å². The molecule has 26 heavy (non-hydrogen) atoms. The van der Waals surface area contributed by atoms with Gasteiger partial charge in [-0.25, -0.2) is 4.39 Å². The lowest BCUT2D eigenvalue weighted by Crippen LogP contribution is -2.44. The average molecular weight is 361 g/mol. The Morgan fingerprint density at radius 2 is 1.96 bits per heavy atom. The normalized spacial score (nSPS) is 16.4. The molecule has 2 heterocycles. The van der Waals surface area contributed by atoms with Crippen LogP contribution in [0.3, 0.4) is 0 Å². The summed E-state index contributed by atoms with van der Waals surface area (Å²) in [6.07, 6.45) is 0.237. The summed E-state index contributed by atoms with van der Waals surface area (Å²) in [5.41, 5.74) is 2.54. The van der Waals surface area contributed by atoms with E-state index in [0.29, 0.717) is 25.5 Å². The molecule has 0 aliphatic carbocycles. The molecule has 1 fully saturated rings. The van der Waals surface area contributed by atoms with Crippen LogP contribution < -0.4 is 5.32 Å². The van der Waals surface area contributed by atoms with Crippen molar-refractivity contribution in [1.29, 1.82) is 0 Å². The number of amides is 1. The number of hydrogen-bond acceptors (Lipinski definition) is 5. The SMILES string of the molecule is Cc1noc(C)c1CC(=O)NCC(c1ccc(F)cc1)N1CCOCC1. The molecule has 1 unspecified atom stereocenters. The molecule has 1 aromatic carbocycles. The lowest BCUT2D eigenvalue weighted by Gasteiger charge is -2.35. The van der Waals surface area contributed by atoms with E-state index < -0.39 is 0 Å². The van der Waals surface area contributed by atoms with Gasteiger partial charge in [0.2, 0.25) is 5.91 Å². The van der Waals surface area contributed by atoms with E-state index in [4.69, 9.17) is 9.26 Å². The first-order valence-electron chi connectivity index (χ1n) is 8.80. The number of nitrogens with one attached hydrogen (secondary N) is 1. The first kappa shape index (κ1) is 18.5. The fourth-order valence-electron chi connectivity index (χ4n) is 3.22. The smallest absolute Gasteiger partial charge is 0.224 e. The summed E-state index contributed by atoms with van der Waals surface area (Å²) in [7, 11) is 0. The predicted octanol–water partition coefficient (Wildman–Crippen LogP) is 2.16. The number of morpholine rings is 1. The summed E-state index contributed by atoms with van der Waals surface area (Å²) >= 11 is 0. The summed E-state index contributed by atoms with van der Waals surface area (Å²) < 4.78 is 23.8. The summed E-state index contributed by atoms with van der Waals surface area (Å²) in [6, 6.07) is 6.43. The highest BCUT2D eigenvalue weighted by Gasteiger charge is 2.23. The lowest BCUT2D eigenvalue weighted by atomic mass is 10.0. The molecule has 0 radical (unpaired) electrons. The summed E-state index contributed by atoms with van der Waals surface area (Å²) in [5.74, 6) is 0.317. The standard InChI is InChI=1S/C19H24FN3O3/c1-13-17(14(2)26-22-13)11-19(24)21-12-18(23-7-9-25-10-8-23)15-3-5-16(20)6-4-15/h3-6,18H,7-12H2,1-2H3,(H,21,24). The van der Waals surface area contributed by atoms with Gasteiger partial charge in [0.15, 0.2) is 0 Å². The fourth-order valence-corrected chi connectivity index (χ4v) is 3.22. The van der Waals surface area contributed by atoms with Crippen molar-refractivity contribution < 1.29 is 18.4 Å². The third-order valence-electron chi connectivity index (χ3n) is 4.75. The third-order valence-corrected chi connectivity index (χ3v) is 4.75. The molecule has 140 valence electrons. The van der Waals surface area contributed by atoms with Crippen molar-refractivity contribution >= 4 is 5.91 Å². The molecule has 6 nitrogen and oxygen atoms in total. The zero-order chi connectivity index (χ0) is 18.5. The highest BCUT2D eigenvalue weighted by molar-refractivity contribution is 5.79. The average Bonchev–Trinajstić information content (AvgIpc) is 2.96. The van der Waals surface area contributed by atoms with Gasteiger partial charge in [-0.2, -0.15) is 0 Å². The van der Waals surface area contributed by atoms with Gasteiger partial charge >= 0.3 is 0 Å². The zero-order valence-electron chi connectivity index (χ0n) is 15.1.